The normalized spacial score (nSPS) is 10.2. The number of para-hydroxylation sites is 1. The van der Waals surface area contributed by atoms with Gasteiger partial charge in [0.1, 0.15) is 16.3 Å². The maximum absolute atomic E-state index is 12.0. The van der Waals surface area contributed by atoms with Gasteiger partial charge in [0, 0.05) is 11.1 Å². The van der Waals surface area contributed by atoms with Crippen molar-refractivity contribution in [3.05, 3.63) is 50.0 Å². The number of nitro benzene ring substituents is 1. The van der Waals surface area contributed by atoms with Gasteiger partial charge in [0.25, 0.3) is 5.91 Å². The number of carbonyl (C=O) groups excluding carboxylic acids is 1. The molecule has 0 bridgehead atoms. The number of aromatic nitrogens is 1. The number of rotatable bonds is 4. The first-order valence-electron chi connectivity index (χ1n) is 5.71. The third-order valence-electron chi connectivity index (χ3n) is 2.56. The molecule has 0 aliphatic heterocycles. The third-order valence-corrected chi connectivity index (χ3v) is 3.53. The standard InChI is InChI=1S/C12H12N4O3S/c1-7-6-20-10(15-7)5-14-12(17)8-3-2-4-9(13)11(8)16(18)19/h2-4,6H,5,13H2,1H3,(H,14,17). The summed E-state index contributed by atoms with van der Waals surface area (Å²) in [5.41, 5.74) is 5.95. The van der Waals surface area contributed by atoms with Crippen LogP contribution in [0.4, 0.5) is 11.4 Å². The van der Waals surface area contributed by atoms with Crippen LogP contribution >= 0.6 is 11.3 Å². The molecular weight excluding hydrogens is 280 g/mol. The highest BCUT2D eigenvalue weighted by Gasteiger charge is 2.22. The Hall–Kier alpha value is -2.48. The molecule has 0 spiro atoms. The van der Waals surface area contributed by atoms with Crippen molar-refractivity contribution in [2.24, 2.45) is 0 Å². The number of anilines is 1. The fourth-order valence-electron chi connectivity index (χ4n) is 1.68. The maximum atomic E-state index is 12.0. The van der Waals surface area contributed by atoms with E-state index in [2.05, 4.69) is 10.3 Å². The van der Waals surface area contributed by atoms with Crippen molar-refractivity contribution < 1.29 is 9.72 Å². The number of carbonyl (C=O) groups is 1. The minimum absolute atomic E-state index is 0.0345. The summed E-state index contributed by atoms with van der Waals surface area (Å²) in [5.74, 6) is -0.545. The Morgan fingerprint density at radius 2 is 2.30 bits per heavy atom. The molecule has 104 valence electrons. The zero-order valence-corrected chi connectivity index (χ0v) is 11.4. The number of hydrogen-bond donors (Lipinski definition) is 2. The average Bonchev–Trinajstić information content (AvgIpc) is 2.81. The number of aryl methyl sites for hydroxylation is 1. The molecule has 7 nitrogen and oxygen atoms in total. The summed E-state index contributed by atoms with van der Waals surface area (Å²) in [6, 6.07) is 4.26. The number of amides is 1. The van der Waals surface area contributed by atoms with Crippen LogP contribution in [0.2, 0.25) is 0 Å². The lowest BCUT2D eigenvalue weighted by atomic mass is 10.1. The number of benzene rings is 1. The summed E-state index contributed by atoms with van der Waals surface area (Å²) in [4.78, 5) is 26.5. The van der Waals surface area contributed by atoms with E-state index in [0.29, 0.717) is 0 Å². The average molecular weight is 292 g/mol. The van der Waals surface area contributed by atoms with Gasteiger partial charge in [-0.1, -0.05) is 6.07 Å². The van der Waals surface area contributed by atoms with Crippen LogP contribution in [0.5, 0.6) is 0 Å². The van der Waals surface area contributed by atoms with Crippen molar-refractivity contribution in [1.82, 2.24) is 10.3 Å². The second-order valence-corrected chi connectivity index (χ2v) is 5.01. The first-order valence-corrected chi connectivity index (χ1v) is 6.59. The molecule has 0 saturated carbocycles. The van der Waals surface area contributed by atoms with Gasteiger partial charge in [-0.25, -0.2) is 4.98 Å². The Bertz CT molecular complexity index is 668. The lowest BCUT2D eigenvalue weighted by Gasteiger charge is -2.05. The lowest BCUT2D eigenvalue weighted by Crippen LogP contribution is -2.24. The van der Waals surface area contributed by atoms with Crippen LogP contribution in [0.3, 0.4) is 0 Å². The van der Waals surface area contributed by atoms with Gasteiger partial charge in [-0.05, 0) is 19.1 Å². The molecule has 0 unspecified atom stereocenters. The van der Waals surface area contributed by atoms with Crippen LogP contribution in [0, 0.1) is 17.0 Å². The monoisotopic (exact) mass is 292 g/mol. The summed E-state index contributed by atoms with van der Waals surface area (Å²) in [6.45, 7) is 2.08. The summed E-state index contributed by atoms with van der Waals surface area (Å²) < 4.78 is 0. The van der Waals surface area contributed by atoms with Gasteiger partial charge in [-0.15, -0.1) is 11.3 Å². The molecule has 0 radical (unpaired) electrons. The second-order valence-electron chi connectivity index (χ2n) is 4.07. The second kappa shape index (κ2) is 5.66. The summed E-state index contributed by atoms with van der Waals surface area (Å²) in [6.07, 6.45) is 0. The molecule has 1 heterocycles. The van der Waals surface area contributed by atoms with Crippen LogP contribution < -0.4 is 11.1 Å². The number of nitrogen functional groups attached to an aromatic ring is 1. The Labute approximate surface area is 118 Å². The van der Waals surface area contributed by atoms with E-state index >= 15 is 0 Å². The molecule has 0 aliphatic carbocycles. The highest BCUT2D eigenvalue weighted by molar-refractivity contribution is 7.09. The number of nitro groups is 1. The molecule has 8 heteroatoms. The summed E-state index contributed by atoms with van der Waals surface area (Å²) in [5, 5.41) is 16.2. The highest BCUT2D eigenvalue weighted by atomic mass is 32.1. The minimum Gasteiger partial charge on any atom is -0.393 e. The number of thiazole rings is 1. The Kier molecular flexibility index (Phi) is 3.94. The van der Waals surface area contributed by atoms with Gasteiger partial charge >= 0.3 is 5.69 Å². The summed E-state index contributed by atoms with van der Waals surface area (Å²) >= 11 is 1.42. The number of nitrogens with one attached hydrogen (secondary N) is 1. The number of hydrogen-bond acceptors (Lipinski definition) is 6. The smallest absolute Gasteiger partial charge is 0.304 e. The van der Waals surface area contributed by atoms with Gasteiger partial charge in [0.05, 0.1) is 11.5 Å². The molecule has 1 aromatic carbocycles. The molecular formula is C12H12N4O3S. The van der Waals surface area contributed by atoms with Crippen molar-refractivity contribution in [1.29, 1.82) is 0 Å². The Morgan fingerprint density at radius 3 is 2.90 bits per heavy atom. The molecule has 0 aliphatic rings. The fourth-order valence-corrected chi connectivity index (χ4v) is 2.39. The largest absolute Gasteiger partial charge is 0.393 e. The molecule has 2 aromatic rings. The van der Waals surface area contributed by atoms with Gasteiger partial charge in [-0.2, -0.15) is 0 Å². The fraction of sp³-hybridized carbons (Fsp3) is 0.167. The van der Waals surface area contributed by atoms with E-state index in [4.69, 9.17) is 5.73 Å². The Morgan fingerprint density at radius 1 is 1.55 bits per heavy atom. The quantitative estimate of drug-likeness (QED) is 0.507. The van der Waals surface area contributed by atoms with Gasteiger partial charge in [0.15, 0.2) is 0 Å². The van der Waals surface area contributed by atoms with Gasteiger partial charge in [0.2, 0.25) is 0 Å². The van der Waals surface area contributed by atoms with Gasteiger partial charge < -0.3 is 11.1 Å². The topological polar surface area (TPSA) is 111 Å². The van der Waals surface area contributed by atoms with Crippen LogP contribution in [0.25, 0.3) is 0 Å². The predicted molar refractivity (Wildman–Crippen MR) is 75.5 cm³/mol. The van der Waals surface area contributed by atoms with Crippen molar-refractivity contribution >= 4 is 28.6 Å². The van der Waals surface area contributed by atoms with E-state index < -0.39 is 10.8 Å². The highest BCUT2D eigenvalue weighted by Crippen LogP contribution is 2.25. The molecule has 0 saturated heterocycles. The predicted octanol–water partition coefficient (Wildman–Crippen LogP) is 1.87. The van der Waals surface area contributed by atoms with Crippen molar-refractivity contribution in [3.8, 4) is 0 Å². The summed E-state index contributed by atoms with van der Waals surface area (Å²) in [7, 11) is 0. The van der Waals surface area contributed by atoms with E-state index in [9.17, 15) is 14.9 Å². The zero-order chi connectivity index (χ0) is 14.7. The van der Waals surface area contributed by atoms with E-state index in [1.165, 1.54) is 29.5 Å². The van der Waals surface area contributed by atoms with Crippen LogP contribution in [-0.4, -0.2) is 15.8 Å². The van der Waals surface area contributed by atoms with Crippen LogP contribution in [-0.2, 0) is 6.54 Å². The lowest BCUT2D eigenvalue weighted by molar-refractivity contribution is -0.384. The molecule has 0 fully saturated rings. The third kappa shape index (κ3) is 2.91. The number of nitrogens with two attached hydrogens (primary N) is 1. The first kappa shape index (κ1) is 13.9. The zero-order valence-electron chi connectivity index (χ0n) is 10.6. The van der Waals surface area contributed by atoms with Crippen LogP contribution in [0.15, 0.2) is 23.6 Å². The minimum atomic E-state index is -0.655. The Balaban J connectivity index is 2.17. The molecule has 2 rings (SSSR count). The van der Waals surface area contributed by atoms with Crippen molar-refractivity contribution in [2.75, 3.05) is 5.73 Å². The van der Waals surface area contributed by atoms with E-state index in [1.807, 2.05) is 12.3 Å². The van der Waals surface area contributed by atoms with Crippen molar-refractivity contribution in [3.63, 3.8) is 0 Å². The molecule has 3 N–H and O–H groups in total. The molecule has 20 heavy (non-hydrogen) atoms. The molecule has 1 amide bonds. The SMILES string of the molecule is Cc1csc(CNC(=O)c2cccc(N)c2[N+](=O)[O-])n1. The molecule has 1 aromatic heterocycles. The first-order chi connectivity index (χ1) is 9.49. The van der Waals surface area contributed by atoms with E-state index in [0.717, 1.165) is 10.7 Å². The molecule has 0 atom stereocenters. The number of nitrogens with zero attached hydrogens (tertiary/aromatic N) is 2. The van der Waals surface area contributed by atoms with E-state index in [-0.39, 0.29) is 23.5 Å². The van der Waals surface area contributed by atoms with E-state index in [1.54, 1.807) is 0 Å². The van der Waals surface area contributed by atoms with Crippen molar-refractivity contribution in [2.45, 2.75) is 13.5 Å². The maximum Gasteiger partial charge on any atom is 0.304 e. The van der Waals surface area contributed by atoms with Crippen LogP contribution in [0.1, 0.15) is 21.1 Å². The van der Waals surface area contributed by atoms with Gasteiger partial charge in [-0.3, -0.25) is 14.9 Å².